The highest BCUT2D eigenvalue weighted by Crippen LogP contribution is 2.49. The third kappa shape index (κ3) is 1.64. The second-order valence-electron chi connectivity index (χ2n) is 4.58. The molecule has 4 rings (SSSR count). The number of fused-ring (bicyclic) bond motifs is 2. The minimum Gasteiger partial charge on any atom is -0.453 e. The zero-order chi connectivity index (χ0) is 13.4. The Bertz CT molecular complexity index is 710. The Balaban J connectivity index is 1.98. The number of rotatable bonds is 1. The molecule has 3 heteroatoms. The number of aromatic nitrogens is 1. The first-order valence-electron chi connectivity index (χ1n) is 6.49. The van der Waals surface area contributed by atoms with Gasteiger partial charge in [-0.1, -0.05) is 30.3 Å². The van der Waals surface area contributed by atoms with E-state index in [-0.39, 0.29) is 0 Å². The van der Waals surface area contributed by atoms with Crippen LogP contribution in [0, 0.1) is 0 Å². The number of hydrogen-bond acceptors (Lipinski definition) is 3. The highest BCUT2D eigenvalue weighted by Gasteiger charge is 2.25. The molecule has 3 aromatic rings. The SMILES string of the molecule is c1ccc(N2c3ccccc3Oc3ccncc32)cc1. The number of benzene rings is 2. The molecule has 0 fully saturated rings. The van der Waals surface area contributed by atoms with Gasteiger partial charge in [-0.15, -0.1) is 0 Å². The predicted molar refractivity (Wildman–Crippen MR) is 79.0 cm³/mol. The molecule has 0 radical (unpaired) electrons. The van der Waals surface area contributed by atoms with Crippen molar-refractivity contribution < 1.29 is 4.74 Å². The topological polar surface area (TPSA) is 25.4 Å². The largest absolute Gasteiger partial charge is 0.453 e. The number of para-hydroxylation sites is 3. The second kappa shape index (κ2) is 4.38. The number of hydrogen-bond donors (Lipinski definition) is 0. The molecule has 96 valence electrons. The summed E-state index contributed by atoms with van der Waals surface area (Å²) in [6, 6.07) is 20.2. The maximum Gasteiger partial charge on any atom is 0.154 e. The lowest BCUT2D eigenvalue weighted by molar-refractivity contribution is 0.476. The van der Waals surface area contributed by atoms with Crippen molar-refractivity contribution >= 4 is 17.1 Å². The standard InChI is InChI=1S/C17H12N2O/c1-2-6-13(7-3-1)19-14-8-4-5-9-16(14)20-17-10-11-18-12-15(17)19/h1-12H. The van der Waals surface area contributed by atoms with Gasteiger partial charge in [0.15, 0.2) is 11.5 Å². The van der Waals surface area contributed by atoms with E-state index in [9.17, 15) is 0 Å². The normalized spacial score (nSPS) is 12.3. The first-order valence-corrected chi connectivity index (χ1v) is 6.49. The summed E-state index contributed by atoms with van der Waals surface area (Å²) in [6.07, 6.45) is 3.58. The van der Waals surface area contributed by atoms with Gasteiger partial charge in [0.25, 0.3) is 0 Å². The molecule has 0 saturated carbocycles. The lowest BCUT2D eigenvalue weighted by atomic mass is 10.1. The monoisotopic (exact) mass is 260 g/mol. The molecule has 0 saturated heterocycles. The lowest BCUT2D eigenvalue weighted by Gasteiger charge is -2.32. The molecule has 0 atom stereocenters. The third-order valence-corrected chi connectivity index (χ3v) is 3.34. The molecule has 1 aliphatic rings. The van der Waals surface area contributed by atoms with E-state index in [2.05, 4.69) is 28.1 Å². The van der Waals surface area contributed by atoms with Gasteiger partial charge < -0.3 is 9.64 Å². The molecule has 2 heterocycles. The van der Waals surface area contributed by atoms with Crippen LogP contribution in [0.5, 0.6) is 11.5 Å². The van der Waals surface area contributed by atoms with Gasteiger partial charge in [0, 0.05) is 18.0 Å². The number of anilines is 3. The zero-order valence-electron chi connectivity index (χ0n) is 10.7. The van der Waals surface area contributed by atoms with Gasteiger partial charge in [-0.25, -0.2) is 0 Å². The molecule has 1 aliphatic heterocycles. The average Bonchev–Trinajstić information content (AvgIpc) is 2.53. The quantitative estimate of drug-likeness (QED) is 0.498. The van der Waals surface area contributed by atoms with Crippen molar-refractivity contribution in [3.05, 3.63) is 73.1 Å². The molecule has 0 amide bonds. The average molecular weight is 260 g/mol. The van der Waals surface area contributed by atoms with E-state index in [1.54, 1.807) is 6.20 Å². The van der Waals surface area contributed by atoms with E-state index < -0.39 is 0 Å². The van der Waals surface area contributed by atoms with Gasteiger partial charge in [0.05, 0.1) is 11.9 Å². The molecule has 20 heavy (non-hydrogen) atoms. The molecule has 0 N–H and O–H groups in total. The zero-order valence-corrected chi connectivity index (χ0v) is 10.7. The maximum absolute atomic E-state index is 5.95. The highest BCUT2D eigenvalue weighted by molar-refractivity contribution is 5.85. The minimum atomic E-state index is 0.822. The van der Waals surface area contributed by atoms with E-state index in [0.29, 0.717) is 0 Å². The van der Waals surface area contributed by atoms with Crippen LogP contribution in [0.3, 0.4) is 0 Å². The van der Waals surface area contributed by atoms with Crippen LogP contribution >= 0.6 is 0 Å². The number of nitrogens with zero attached hydrogens (tertiary/aromatic N) is 2. The van der Waals surface area contributed by atoms with Crippen LogP contribution in [0.4, 0.5) is 17.1 Å². The molecule has 2 aromatic carbocycles. The van der Waals surface area contributed by atoms with E-state index in [1.165, 1.54) is 0 Å². The van der Waals surface area contributed by atoms with Gasteiger partial charge >= 0.3 is 0 Å². The summed E-state index contributed by atoms with van der Waals surface area (Å²) >= 11 is 0. The van der Waals surface area contributed by atoms with E-state index in [0.717, 1.165) is 28.6 Å². The van der Waals surface area contributed by atoms with Crippen molar-refractivity contribution in [2.45, 2.75) is 0 Å². The Labute approximate surface area is 117 Å². The molecule has 3 nitrogen and oxygen atoms in total. The molecule has 1 aromatic heterocycles. The Morgan fingerprint density at radius 1 is 0.750 bits per heavy atom. The number of pyridine rings is 1. The molecular weight excluding hydrogens is 248 g/mol. The van der Waals surface area contributed by atoms with Crippen LogP contribution in [-0.4, -0.2) is 4.98 Å². The second-order valence-corrected chi connectivity index (χ2v) is 4.58. The van der Waals surface area contributed by atoms with Crippen molar-refractivity contribution in [3.63, 3.8) is 0 Å². The molecular formula is C17H12N2O. The molecule has 0 unspecified atom stereocenters. The fourth-order valence-corrected chi connectivity index (χ4v) is 2.46. The summed E-state index contributed by atoms with van der Waals surface area (Å²) in [5.74, 6) is 1.68. The van der Waals surface area contributed by atoms with Crippen molar-refractivity contribution in [2.24, 2.45) is 0 Å². The van der Waals surface area contributed by atoms with Crippen molar-refractivity contribution in [1.82, 2.24) is 4.98 Å². The van der Waals surface area contributed by atoms with Crippen molar-refractivity contribution in [1.29, 1.82) is 0 Å². The third-order valence-electron chi connectivity index (χ3n) is 3.34. The summed E-state index contributed by atoms with van der Waals surface area (Å²) in [5, 5.41) is 0. The van der Waals surface area contributed by atoms with E-state index >= 15 is 0 Å². The maximum atomic E-state index is 5.95. The number of ether oxygens (including phenoxy) is 1. The molecule has 0 aliphatic carbocycles. The Morgan fingerprint density at radius 3 is 2.40 bits per heavy atom. The van der Waals surface area contributed by atoms with Crippen LogP contribution in [0.1, 0.15) is 0 Å². The van der Waals surface area contributed by atoms with Crippen molar-refractivity contribution in [3.8, 4) is 11.5 Å². The Kier molecular flexibility index (Phi) is 2.42. The van der Waals surface area contributed by atoms with Gasteiger partial charge in [-0.05, 0) is 24.3 Å². The van der Waals surface area contributed by atoms with E-state index in [4.69, 9.17) is 4.74 Å². The Hall–Kier alpha value is -2.81. The fraction of sp³-hybridized carbons (Fsp3) is 0. The van der Waals surface area contributed by atoms with Gasteiger partial charge in [-0.2, -0.15) is 0 Å². The first kappa shape index (κ1) is 11.1. The minimum absolute atomic E-state index is 0.822. The summed E-state index contributed by atoms with van der Waals surface area (Å²) in [6.45, 7) is 0. The molecule has 0 spiro atoms. The van der Waals surface area contributed by atoms with Crippen LogP contribution in [0.2, 0.25) is 0 Å². The van der Waals surface area contributed by atoms with Crippen molar-refractivity contribution in [2.75, 3.05) is 4.90 Å². The van der Waals surface area contributed by atoms with Gasteiger partial charge in [0.1, 0.15) is 5.69 Å². The highest BCUT2D eigenvalue weighted by atomic mass is 16.5. The fourth-order valence-electron chi connectivity index (χ4n) is 2.46. The van der Waals surface area contributed by atoms with E-state index in [1.807, 2.05) is 48.7 Å². The summed E-state index contributed by atoms with van der Waals surface area (Å²) < 4.78 is 5.95. The van der Waals surface area contributed by atoms with Crippen LogP contribution in [0.15, 0.2) is 73.1 Å². The Morgan fingerprint density at radius 2 is 1.50 bits per heavy atom. The van der Waals surface area contributed by atoms with Crippen LogP contribution in [0.25, 0.3) is 0 Å². The smallest absolute Gasteiger partial charge is 0.154 e. The summed E-state index contributed by atoms with van der Waals surface area (Å²) in [4.78, 5) is 6.39. The van der Waals surface area contributed by atoms with Gasteiger partial charge in [0.2, 0.25) is 0 Å². The first-order chi connectivity index (χ1) is 9.93. The van der Waals surface area contributed by atoms with Crippen LogP contribution < -0.4 is 9.64 Å². The molecule has 0 bridgehead atoms. The van der Waals surface area contributed by atoms with Gasteiger partial charge in [-0.3, -0.25) is 4.98 Å². The lowest BCUT2D eigenvalue weighted by Crippen LogP contribution is -2.15. The van der Waals surface area contributed by atoms with Crippen LogP contribution in [-0.2, 0) is 0 Å². The predicted octanol–water partition coefficient (Wildman–Crippen LogP) is 4.66. The summed E-state index contributed by atoms with van der Waals surface area (Å²) in [7, 11) is 0. The summed E-state index contributed by atoms with van der Waals surface area (Å²) in [5.41, 5.74) is 3.08.